The summed E-state index contributed by atoms with van der Waals surface area (Å²) in [5, 5.41) is 0. The van der Waals surface area contributed by atoms with Crippen molar-refractivity contribution in [2.24, 2.45) is 5.92 Å². The van der Waals surface area contributed by atoms with E-state index in [-0.39, 0.29) is 0 Å². The lowest BCUT2D eigenvalue weighted by Gasteiger charge is -2.15. The molecule has 240 valence electrons. The maximum atomic E-state index is 5.12. The Morgan fingerprint density at radius 3 is 1.36 bits per heavy atom. The third-order valence-electron chi connectivity index (χ3n) is 9.28. The minimum absolute atomic E-state index is 0.573. The van der Waals surface area contributed by atoms with E-state index in [1.54, 1.807) is 0 Å². The minimum Gasteiger partial charge on any atom is -0.248 e. The molecule has 1 unspecified atom stereocenters. The Balaban J connectivity index is 1.05. The second kappa shape index (κ2) is 14.1. The molecule has 0 aliphatic heterocycles. The molecule has 0 saturated carbocycles. The van der Waals surface area contributed by atoms with Crippen molar-refractivity contribution < 1.29 is 0 Å². The minimum atomic E-state index is 0.573. The molecule has 3 nitrogen and oxygen atoms in total. The van der Waals surface area contributed by atoms with E-state index < -0.39 is 0 Å². The van der Waals surface area contributed by atoms with Crippen LogP contribution in [0.4, 0.5) is 0 Å². The number of aromatic nitrogens is 3. The number of pyridine rings is 1. The van der Waals surface area contributed by atoms with Gasteiger partial charge in [-0.05, 0) is 59.2 Å². The van der Waals surface area contributed by atoms with Crippen LogP contribution in [0.5, 0.6) is 0 Å². The summed E-state index contributed by atoms with van der Waals surface area (Å²) in [6, 6.07) is 55.1. The number of nitrogens with zero attached hydrogens (tertiary/aromatic N) is 3. The molecule has 0 fully saturated rings. The zero-order chi connectivity index (χ0) is 33.7. The molecule has 3 heteroatoms. The van der Waals surface area contributed by atoms with Gasteiger partial charge in [-0.15, -0.1) is 0 Å². The largest absolute Gasteiger partial charge is 0.248 e. The predicted molar refractivity (Wildman–Crippen MR) is 207 cm³/mol. The highest BCUT2D eigenvalue weighted by molar-refractivity contribution is 5.81. The summed E-state index contributed by atoms with van der Waals surface area (Å²) < 4.78 is 0. The summed E-state index contributed by atoms with van der Waals surface area (Å²) in [6.07, 6.45) is 8.79. The van der Waals surface area contributed by atoms with Gasteiger partial charge in [0.15, 0.2) is 5.82 Å². The lowest BCUT2D eigenvalue weighted by atomic mass is 9.92. The van der Waals surface area contributed by atoms with Crippen molar-refractivity contribution in [3.63, 3.8) is 0 Å². The molecule has 1 aliphatic rings. The van der Waals surface area contributed by atoms with Crippen LogP contribution in [0.3, 0.4) is 0 Å². The van der Waals surface area contributed by atoms with Gasteiger partial charge in [-0.25, -0.2) is 15.0 Å². The third kappa shape index (κ3) is 6.99. The van der Waals surface area contributed by atoms with Gasteiger partial charge in [-0.2, -0.15) is 0 Å². The lowest BCUT2D eigenvalue weighted by molar-refractivity contribution is 0.739. The van der Waals surface area contributed by atoms with E-state index >= 15 is 0 Å². The molecule has 1 atom stereocenters. The highest BCUT2D eigenvalue weighted by atomic mass is 14.9. The molecule has 50 heavy (non-hydrogen) atoms. The van der Waals surface area contributed by atoms with Crippen LogP contribution in [-0.4, -0.2) is 15.0 Å². The summed E-state index contributed by atoms with van der Waals surface area (Å²) in [7, 11) is 0. The van der Waals surface area contributed by atoms with Crippen LogP contribution in [0.25, 0.3) is 62.0 Å². The number of allylic oxidation sites excluding steroid dienone is 4. The van der Waals surface area contributed by atoms with Crippen LogP contribution in [0.15, 0.2) is 176 Å². The van der Waals surface area contributed by atoms with Crippen LogP contribution in [0.2, 0.25) is 0 Å². The summed E-state index contributed by atoms with van der Waals surface area (Å²) in [5.74, 6) is 1.30. The monoisotopic (exact) mass is 643 g/mol. The molecule has 2 heterocycles. The number of hydrogen-bond donors (Lipinski definition) is 0. The summed E-state index contributed by atoms with van der Waals surface area (Å²) >= 11 is 0. The van der Waals surface area contributed by atoms with Crippen LogP contribution < -0.4 is 0 Å². The second-order valence-corrected chi connectivity index (χ2v) is 13.0. The SMILES string of the molecule is CC1C=CC(c2cc(-c3ccccc3)nc(-c3ccc(Cc4ccc(-c5nc(-c6ccccc6)cc(-c6ccccc6)n5)cc4)cc3)c2)=CC1. The highest BCUT2D eigenvalue weighted by Crippen LogP contribution is 2.32. The Hall–Kier alpha value is -6.19. The van der Waals surface area contributed by atoms with Gasteiger partial charge in [0.2, 0.25) is 0 Å². The fraction of sp³-hybridized carbons (Fsp3) is 0.0851. The van der Waals surface area contributed by atoms with Crippen molar-refractivity contribution in [3.05, 3.63) is 193 Å². The molecule has 7 aromatic rings. The molecule has 0 bridgehead atoms. The predicted octanol–water partition coefficient (Wildman–Crippen LogP) is 11.8. The van der Waals surface area contributed by atoms with E-state index in [0.29, 0.717) is 5.92 Å². The summed E-state index contributed by atoms with van der Waals surface area (Å²) in [5.41, 5.74) is 14.1. The van der Waals surface area contributed by atoms with Crippen LogP contribution in [0.1, 0.15) is 30.0 Å². The second-order valence-electron chi connectivity index (χ2n) is 13.0. The third-order valence-corrected chi connectivity index (χ3v) is 9.28. The van der Waals surface area contributed by atoms with E-state index in [1.165, 1.54) is 22.3 Å². The highest BCUT2D eigenvalue weighted by Gasteiger charge is 2.13. The van der Waals surface area contributed by atoms with Crippen molar-refractivity contribution >= 4 is 5.57 Å². The smallest absolute Gasteiger partial charge is 0.160 e. The van der Waals surface area contributed by atoms with E-state index in [1.807, 2.05) is 42.5 Å². The van der Waals surface area contributed by atoms with Gasteiger partial charge < -0.3 is 0 Å². The zero-order valence-corrected chi connectivity index (χ0v) is 28.1. The quantitative estimate of drug-likeness (QED) is 0.165. The molecule has 0 radical (unpaired) electrons. The first-order valence-corrected chi connectivity index (χ1v) is 17.3. The van der Waals surface area contributed by atoms with Crippen LogP contribution in [-0.2, 0) is 6.42 Å². The molecule has 0 saturated heterocycles. The molecule has 8 rings (SSSR count). The first-order chi connectivity index (χ1) is 24.6. The van der Waals surface area contributed by atoms with E-state index in [9.17, 15) is 0 Å². The standard InChI is InChI=1S/C47H37N3/c1-33-17-23-36(24-18-33)42-30-43(37-11-5-2-6-12-37)48-44(31-42)40-25-19-34(20-26-40)29-35-21-27-41(28-22-35)47-49-45(38-13-7-3-8-14-38)32-46(50-47)39-15-9-4-10-16-39/h2-17,19-28,30-33H,18,29H2,1H3. The fourth-order valence-corrected chi connectivity index (χ4v) is 6.43. The Bertz CT molecular complexity index is 2230. The van der Waals surface area contributed by atoms with Gasteiger partial charge in [0.05, 0.1) is 22.8 Å². The summed E-state index contributed by atoms with van der Waals surface area (Å²) in [4.78, 5) is 15.1. The molecule has 2 aromatic heterocycles. The fourth-order valence-electron chi connectivity index (χ4n) is 6.43. The van der Waals surface area contributed by atoms with Gasteiger partial charge in [0.25, 0.3) is 0 Å². The maximum absolute atomic E-state index is 5.12. The first kappa shape index (κ1) is 31.1. The Morgan fingerprint density at radius 1 is 0.460 bits per heavy atom. The van der Waals surface area contributed by atoms with Gasteiger partial charge in [0, 0.05) is 27.8 Å². The van der Waals surface area contributed by atoms with Crippen LogP contribution >= 0.6 is 0 Å². The Morgan fingerprint density at radius 2 is 0.900 bits per heavy atom. The van der Waals surface area contributed by atoms with Crippen molar-refractivity contribution in [2.45, 2.75) is 19.8 Å². The van der Waals surface area contributed by atoms with Gasteiger partial charge >= 0.3 is 0 Å². The Labute approximate surface area is 294 Å². The number of hydrogen-bond acceptors (Lipinski definition) is 3. The first-order valence-electron chi connectivity index (χ1n) is 17.3. The van der Waals surface area contributed by atoms with Crippen LogP contribution in [0, 0.1) is 5.92 Å². The van der Waals surface area contributed by atoms with E-state index in [0.717, 1.165) is 69.3 Å². The molecule has 0 N–H and O–H groups in total. The molecular formula is C47H37N3. The normalized spacial score (nSPS) is 13.9. The topological polar surface area (TPSA) is 38.7 Å². The van der Waals surface area contributed by atoms with Crippen molar-refractivity contribution in [3.8, 4) is 56.4 Å². The molecule has 1 aliphatic carbocycles. The molecule has 0 amide bonds. The van der Waals surface area contributed by atoms with Gasteiger partial charge in [-0.1, -0.05) is 165 Å². The van der Waals surface area contributed by atoms with E-state index in [4.69, 9.17) is 15.0 Å². The lowest BCUT2D eigenvalue weighted by Crippen LogP contribution is -1.97. The number of rotatable bonds is 8. The average molecular weight is 644 g/mol. The number of benzene rings is 5. The van der Waals surface area contributed by atoms with Gasteiger partial charge in [0.1, 0.15) is 0 Å². The zero-order valence-electron chi connectivity index (χ0n) is 28.1. The average Bonchev–Trinajstić information content (AvgIpc) is 3.19. The Kier molecular flexibility index (Phi) is 8.78. The molecule has 0 spiro atoms. The van der Waals surface area contributed by atoms with Crippen molar-refractivity contribution in [1.82, 2.24) is 15.0 Å². The van der Waals surface area contributed by atoms with Crippen molar-refractivity contribution in [1.29, 1.82) is 0 Å². The van der Waals surface area contributed by atoms with Crippen molar-refractivity contribution in [2.75, 3.05) is 0 Å². The van der Waals surface area contributed by atoms with Gasteiger partial charge in [-0.3, -0.25) is 0 Å². The molecule has 5 aromatic carbocycles. The molecular weight excluding hydrogens is 607 g/mol. The van der Waals surface area contributed by atoms with E-state index in [2.05, 4.69) is 140 Å². The maximum Gasteiger partial charge on any atom is 0.160 e. The summed E-state index contributed by atoms with van der Waals surface area (Å²) in [6.45, 7) is 2.26.